The lowest BCUT2D eigenvalue weighted by molar-refractivity contribution is 0.0828. The van der Waals surface area contributed by atoms with Gasteiger partial charge in [-0.05, 0) is 24.6 Å². The summed E-state index contributed by atoms with van der Waals surface area (Å²) in [5.74, 6) is 0.428. The van der Waals surface area contributed by atoms with Crippen LogP contribution in [0.4, 0.5) is 0 Å². The number of methoxy groups -OCH3 is 1. The zero-order valence-corrected chi connectivity index (χ0v) is 14.1. The zero-order valence-electron chi connectivity index (χ0n) is 13.4. The smallest absolute Gasteiger partial charge is 0.268 e. The van der Waals surface area contributed by atoms with E-state index in [-0.39, 0.29) is 5.91 Å². The number of halogens is 1. The summed E-state index contributed by atoms with van der Waals surface area (Å²) in [7, 11) is 1.58. The number of aromatic nitrogens is 2. The van der Waals surface area contributed by atoms with Crippen LogP contribution in [0, 0.1) is 12.8 Å². The van der Waals surface area contributed by atoms with Gasteiger partial charge in [-0.25, -0.2) is 4.42 Å². The SMILES string of the molecule is COCCN(Cl)C(=O)c1ccc2nn(CC3CNC3)cc2c1C. The van der Waals surface area contributed by atoms with Gasteiger partial charge in [0.05, 0.1) is 18.7 Å². The second-order valence-electron chi connectivity index (χ2n) is 5.93. The van der Waals surface area contributed by atoms with Crippen molar-refractivity contribution >= 4 is 28.6 Å². The van der Waals surface area contributed by atoms with Crippen molar-refractivity contribution in [2.75, 3.05) is 33.4 Å². The van der Waals surface area contributed by atoms with Crippen molar-refractivity contribution in [3.8, 4) is 0 Å². The van der Waals surface area contributed by atoms with Crippen molar-refractivity contribution in [2.24, 2.45) is 5.92 Å². The Morgan fingerprint density at radius 1 is 1.52 bits per heavy atom. The number of hydrogen-bond donors (Lipinski definition) is 1. The molecule has 0 radical (unpaired) electrons. The number of amides is 1. The van der Waals surface area contributed by atoms with E-state index in [4.69, 9.17) is 16.5 Å². The topological polar surface area (TPSA) is 59.4 Å². The van der Waals surface area contributed by atoms with Gasteiger partial charge in [0.2, 0.25) is 0 Å². The maximum atomic E-state index is 12.5. The highest BCUT2D eigenvalue weighted by Crippen LogP contribution is 2.23. The summed E-state index contributed by atoms with van der Waals surface area (Å²) in [5, 5.41) is 8.86. The average molecular weight is 337 g/mol. The molecule has 124 valence electrons. The first kappa shape index (κ1) is 16.2. The molecule has 2 heterocycles. The van der Waals surface area contributed by atoms with Gasteiger partial charge in [0.25, 0.3) is 5.91 Å². The molecule has 2 aromatic rings. The van der Waals surface area contributed by atoms with Crippen LogP contribution in [-0.2, 0) is 11.3 Å². The van der Waals surface area contributed by atoms with Gasteiger partial charge < -0.3 is 10.1 Å². The van der Waals surface area contributed by atoms with Gasteiger partial charge in [0, 0.05) is 61.6 Å². The minimum absolute atomic E-state index is 0.209. The third kappa shape index (κ3) is 3.34. The molecule has 1 saturated heterocycles. The van der Waals surface area contributed by atoms with E-state index >= 15 is 0 Å². The predicted molar refractivity (Wildman–Crippen MR) is 89.6 cm³/mol. The number of hydrogen-bond acceptors (Lipinski definition) is 4. The van der Waals surface area contributed by atoms with E-state index in [1.165, 1.54) is 4.42 Å². The molecule has 1 aromatic heterocycles. The lowest BCUT2D eigenvalue weighted by Gasteiger charge is -2.26. The van der Waals surface area contributed by atoms with Crippen LogP contribution >= 0.6 is 11.8 Å². The van der Waals surface area contributed by atoms with Crippen molar-refractivity contribution in [1.82, 2.24) is 19.5 Å². The Kier molecular flexibility index (Phi) is 4.84. The number of rotatable bonds is 6. The number of nitrogens with one attached hydrogen (secondary N) is 1. The third-order valence-corrected chi connectivity index (χ3v) is 4.58. The summed E-state index contributed by atoms with van der Waals surface area (Å²) in [6.07, 6.45) is 2.02. The van der Waals surface area contributed by atoms with Crippen LogP contribution in [0.3, 0.4) is 0 Å². The lowest BCUT2D eigenvalue weighted by atomic mass is 10.0. The Balaban J connectivity index is 1.84. The van der Waals surface area contributed by atoms with Gasteiger partial charge in [-0.1, -0.05) is 0 Å². The Labute approximate surface area is 140 Å². The Bertz CT molecular complexity index is 711. The molecule has 1 fully saturated rings. The molecule has 0 atom stereocenters. The summed E-state index contributed by atoms with van der Waals surface area (Å²) in [5.41, 5.74) is 2.42. The van der Waals surface area contributed by atoms with Gasteiger partial charge in [0.1, 0.15) is 0 Å². The summed E-state index contributed by atoms with van der Waals surface area (Å²) >= 11 is 6.04. The molecule has 3 rings (SSSR count). The second-order valence-corrected chi connectivity index (χ2v) is 6.34. The molecule has 1 aliphatic rings. The van der Waals surface area contributed by atoms with E-state index in [2.05, 4.69) is 10.4 Å². The average Bonchev–Trinajstić information content (AvgIpc) is 2.92. The normalized spacial score (nSPS) is 14.9. The third-order valence-electron chi connectivity index (χ3n) is 4.26. The molecular formula is C16H21ClN4O2. The van der Waals surface area contributed by atoms with Crippen molar-refractivity contribution in [3.05, 3.63) is 29.5 Å². The fraction of sp³-hybridized carbons (Fsp3) is 0.500. The molecule has 0 spiro atoms. The summed E-state index contributed by atoms with van der Waals surface area (Å²) in [6, 6.07) is 3.68. The molecule has 1 aliphatic heterocycles. The molecule has 6 nitrogen and oxygen atoms in total. The molecule has 0 unspecified atom stereocenters. The largest absolute Gasteiger partial charge is 0.383 e. The molecular weight excluding hydrogens is 316 g/mol. The number of aryl methyl sites for hydroxylation is 1. The summed E-state index contributed by atoms with van der Waals surface area (Å²) < 4.78 is 8.10. The maximum Gasteiger partial charge on any atom is 0.268 e. The summed E-state index contributed by atoms with van der Waals surface area (Å²) in [6.45, 7) is 5.68. The Hall–Kier alpha value is -1.63. The van der Waals surface area contributed by atoms with Crippen LogP contribution in [0.2, 0.25) is 0 Å². The molecule has 1 aromatic carbocycles. The number of carbonyl (C=O) groups excluding carboxylic acids is 1. The number of nitrogens with zero attached hydrogens (tertiary/aromatic N) is 3. The van der Waals surface area contributed by atoms with Crippen molar-refractivity contribution in [2.45, 2.75) is 13.5 Å². The van der Waals surface area contributed by atoms with E-state index in [1.54, 1.807) is 13.2 Å². The van der Waals surface area contributed by atoms with Crippen LogP contribution in [0.5, 0.6) is 0 Å². The maximum absolute atomic E-state index is 12.5. The number of fused-ring (bicyclic) bond motifs is 1. The van der Waals surface area contributed by atoms with Gasteiger partial charge in [0.15, 0.2) is 0 Å². The number of benzene rings is 1. The molecule has 1 N–H and O–H groups in total. The highest BCUT2D eigenvalue weighted by molar-refractivity contribution is 6.24. The van der Waals surface area contributed by atoms with Gasteiger partial charge >= 0.3 is 0 Å². The van der Waals surface area contributed by atoms with Gasteiger partial charge in [-0.15, -0.1) is 0 Å². The number of ether oxygens (including phenoxy) is 1. The molecule has 1 amide bonds. The monoisotopic (exact) mass is 336 g/mol. The van der Waals surface area contributed by atoms with E-state index in [1.807, 2.05) is 23.9 Å². The van der Waals surface area contributed by atoms with Crippen molar-refractivity contribution in [3.63, 3.8) is 0 Å². The fourth-order valence-electron chi connectivity index (χ4n) is 2.75. The first-order valence-electron chi connectivity index (χ1n) is 7.74. The quantitative estimate of drug-likeness (QED) is 0.817. The highest BCUT2D eigenvalue weighted by atomic mass is 35.5. The van der Waals surface area contributed by atoms with Crippen molar-refractivity contribution < 1.29 is 9.53 Å². The summed E-state index contributed by atoms with van der Waals surface area (Å²) in [4.78, 5) is 12.5. The molecule has 0 saturated carbocycles. The lowest BCUT2D eigenvalue weighted by Crippen LogP contribution is -2.44. The standard InChI is InChI=1S/C16H21ClN4O2/c1-11-13(16(22)21(17)5-6-23-2)3-4-15-14(11)10-20(19-15)9-12-7-18-8-12/h3-4,10,12,18H,5-9H2,1-2H3. The second kappa shape index (κ2) is 6.86. The Morgan fingerprint density at radius 2 is 2.30 bits per heavy atom. The van der Waals surface area contributed by atoms with E-state index < -0.39 is 0 Å². The first-order chi connectivity index (χ1) is 11.1. The molecule has 7 heteroatoms. The number of carbonyl (C=O) groups is 1. The van der Waals surface area contributed by atoms with Gasteiger partial charge in [-0.3, -0.25) is 9.48 Å². The predicted octanol–water partition coefficient (Wildman–Crippen LogP) is 1.81. The minimum Gasteiger partial charge on any atom is -0.383 e. The molecule has 0 aliphatic carbocycles. The van der Waals surface area contributed by atoms with Crippen LogP contribution in [0.25, 0.3) is 10.9 Å². The molecule has 23 heavy (non-hydrogen) atoms. The Morgan fingerprint density at radius 3 is 2.96 bits per heavy atom. The highest BCUT2D eigenvalue weighted by Gasteiger charge is 2.20. The van der Waals surface area contributed by atoms with E-state index in [9.17, 15) is 4.79 Å². The van der Waals surface area contributed by atoms with Crippen molar-refractivity contribution in [1.29, 1.82) is 0 Å². The zero-order chi connectivity index (χ0) is 16.4. The van der Waals surface area contributed by atoms with Gasteiger partial charge in [-0.2, -0.15) is 5.10 Å². The molecule has 0 bridgehead atoms. The van der Waals surface area contributed by atoms with Crippen LogP contribution in [-0.4, -0.2) is 53.5 Å². The first-order valence-corrected chi connectivity index (χ1v) is 8.08. The van der Waals surface area contributed by atoms with Crippen LogP contribution in [0.1, 0.15) is 15.9 Å². The minimum atomic E-state index is -0.209. The fourth-order valence-corrected chi connectivity index (χ4v) is 2.91. The van der Waals surface area contributed by atoms with Crippen LogP contribution < -0.4 is 5.32 Å². The van der Waals surface area contributed by atoms with E-state index in [0.29, 0.717) is 24.6 Å². The van der Waals surface area contributed by atoms with Crippen LogP contribution in [0.15, 0.2) is 18.3 Å². The van der Waals surface area contributed by atoms with E-state index in [0.717, 1.165) is 36.1 Å².